The van der Waals surface area contributed by atoms with Crippen molar-refractivity contribution in [3.8, 4) is 0 Å². The summed E-state index contributed by atoms with van der Waals surface area (Å²) in [6.07, 6.45) is 0. The summed E-state index contributed by atoms with van der Waals surface area (Å²) >= 11 is 15.7. The monoisotopic (exact) mass is 2510 g/mol. The Balaban J connectivity index is 0.000000846. The van der Waals surface area contributed by atoms with Gasteiger partial charge in [0.1, 0.15) is 45.7 Å². The van der Waals surface area contributed by atoms with Gasteiger partial charge in [0.25, 0.3) is 0 Å². The highest BCUT2D eigenvalue weighted by Gasteiger charge is 2.52. The van der Waals surface area contributed by atoms with Gasteiger partial charge in [-0.05, 0) is 117 Å². The lowest BCUT2D eigenvalue weighted by molar-refractivity contribution is -0.213. The Labute approximate surface area is 824 Å². The Hall–Kier alpha value is -12.9. The average molecular weight is 2510 g/mol. The lowest BCUT2D eigenvalue weighted by Crippen LogP contribution is -2.28. The summed E-state index contributed by atoms with van der Waals surface area (Å²) in [5.41, 5.74) is -54.0. The summed E-state index contributed by atoms with van der Waals surface area (Å²) in [5.74, 6) is -31.9. The molecule has 0 unspecified atom stereocenters. The van der Waals surface area contributed by atoms with Crippen LogP contribution in [0.4, 0.5) is 169 Å². The molecule has 0 aliphatic rings. The molecule has 0 atom stereocenters. The fourth-order valence-electron chi connectivity index (χ4n) is 7.20. The third-order valence-electron chi connectivity index (χ3n) is 13.7. The van der Waals surface area contributed by atoms with Gasteiger partial charge in [-0.1, -0.05) is 93.7 Å². The van der Waals surface area contributed by atoms with Gasteiger partial charge in [0.05, 0.1) is 28.2 Å². The van der Waals surface area contributed by atoms with Gasteiger partial charge in [-0.15, -0.1) is 0 Å². The normalized spacial score (nSPS) is 13.6. The first-order valence-corrected chi connectivity index (χ1v) is 47.2. The number of alkyl halides is 24. The van der Waals surface area contributed by atoms with Crippen molar-refractivity contribution in [2.45, 2.75) is 44.1 Å². The molecule has 0 aliphatic carbocycles. The van der Waals surface area contributed by atoms with Gasteiger partial charge in [-0.25, -0.2) is 62.4 Å². The molecular formula is C66H22Br2Cl2F36N10O24S8-8. The second kappa shape index (κ2) is 50.4. The molecule has 0 amide bonds. The maximum absolute atomic E-state index is 13.3. The maximum atomic E-state index is 13.3. The fraction of sp³-hybridized carbons (Fsp3) is 0.121. The molecule has 0 saturated carbocycles. The smallest absolute Gasteiger partial charge is 0.518 e. The van der Waals surface area contributed by atoms with Crippen LogP contribution in [0.15, 0.2) is 178 Å². The van der Waals surface area contributed by atoms with Gasteiger partial charge in [0, 0.05) is 68.3 Å². The van der Waals surface area contributed by atoms with Crippen LogP contribution >= 0.6 is 55.1 Å². The Bertz CT molecular complexity index is 7560. The van der Waals surface area contributed by atoms with E-state index >= 15 is 0 Å². The lowest BCUT2D eigenvalue weighted by atomic mass is 10.2. The van der Waals surface area contributed by atoms with E-state index in [1.807, 2.05) is 17.6 Å². The summed E-state index contributed by atoms with van der Waals surface area (Å²) in [6, 6.07) is 15.0. The molecule has 0 fully saturated rings. The quantitative estimate of drug-likeness (QED) is 0.0216. The molecule has 34 nitrogen and oxygen atoms in total. The van der Waals surface area contributed by atoms with E-state index in [0.29, 0.717) is 48.5 Å². The fourth-order valence-corrected chi connectivity index (χ4v) is 11.8. The first kappa shape index (κ1) is 133. The molecule has 0 N–H and O–H groups in total. The molecule has 8 rings (SSSR count). The molecule has 8 aromatic carbocycles. The van der Waals surface area contributed by atoms with Crippen LogP contribution in [0.25, 0.3) is 9.69 Å². The minimum atomic E-state index is -6.25. The summed E-state index contributed by atoms with van der Waals surface area (Å²) < 4.78 is 626. The molecule has 0 radical (unpaired) electrons. The molecular weight excluding hydrogens is 2490 g/mol. The standard InChI is InChI=1S/2C9H4F4N2O3S.2C8H4BrF4NO3S.C8H2ClF6NO3S.C8H4ClF4NO3S.2C8H4F5NO3S/c1-14-7-3-2-5(4-6(7)10)8(16)15-19(17,18)9(11,12)13;1-14-5-2-3-6(7(10)4-5)8(16)15-19(17,18)9(11,12)13;9-5-1-4(2-6(10)3-5)7(15)14-18(16,17)8(11,12)13;9-5-3-4(1-2-6(5)10)7(15)14-18(16,17)8(11,12)13;9-4-5(11)2(1-3(10)6(4)12)7(17)16-20(18,19)8(13,14)15;9-6-4(2-1-3-5(6)10)7(15)14-18(16,17)8(11,12)13;9-5-2-1-4(3-6(5)10)7(15)14-18(16,17)8(11,12)13;9-4-2-1-3-5(10)6(4)7(15)14-18(16,17)8(11,12)13/h2*2-4H,(H,15,16);2*1-3H,(H,14,15);1H,(H,16,17);3*1-3H,(H,14,15)/p-8. The van der Waals surface area contributed by atoms with Crippen molar-refractivity contribution < 1.29 is 266 Å². The minimum Gasteiger partial charge on any atom is -0.858 e. The zero-order valence-corrected chi connectivity index (χ0v) is 78.6. The number of hydrogen-bond donors (Lipinski definition) is 0. The molecule has 0 aromatic heterocycles. The van der Waals surface area contributed by atoms with E-state index in [0.717, 1.165) is 72.8 Å². The van der Waals surface area contributed by atoms with E-state index in [1.165, 1.54) is 0 Å². The predicted molar refractivity (Wildman–Crippen MR) is 421 cm³/mol. The van der Waals surface area contributed by atoms with E-state index in [2.05, 4.69) is 50.3 Å². The van der Waals surface area contributed by atoms with Crippen LogP contribution in [0.2, 0.25) is 10.0 Å². The van der Waals surface area contributed by atoms with E-state index in [4.69, 9.17) is 36.3 Å². The van der Waals surface area contributed by atoms with E-state index in [1.54, 1.807) is 8.80 Å². The maximum Gasteiger partial charge on any atom is 0.518 e. The van der Waals surface area contributed by atoms with E-state index < -0.39 is 301 Å². The highest BCUT2D eigenvalue weighted by atomic mass is 79.9. The van der Waals surface area contributed by atoms with E-state index in [9.17, 15) is 266 Å². The average Bonchev–Trinajstić information content (AvgIpc) is 0.781. The molecule has 0 heterocycles. The largest absolute Gasteiger partial charge is 0.858 e. The highest BCUT2D eigenvalue weighted by molar-refractivity contribution is 9.10. The summed E-state index contributed by atoms with van der Waals surface area (Å²) in [4.78, 5) is 5.53. The van der Waals surface area contributed by atoms with Gasteiger partial charge in [-0.2, -0.15) is 208 Å². The van der Waals surface area contributed by atoms with Crippen LogP contribution in [0.5, 0.6) is 0 Å². The zero-order chi connectivity index (χ0) is 116. The van der Waals surface area contributed by atoms with Crippen molar-refractivity contribution in [2.24, 2.45) is 35.2 Å². The van der Waals surface area contributed by atoms with Gasteiger partial charge in [-0.3, -0.25) is 0 Å². The Morgan fingerprint density at radius 2 is 0.574 bits per heavy atom. The number of halogens is 40. The first-order chi connectivity index (χ1) is 66.3. The molecule has 816 valence electrons. The van der Waals surface area contributed by atoms with Gasteiger partial charge >= 0.3 is 124 Å². The minimum absolute atomic E-state index is 0.0606. The SMILES string of the molecule is O=S(=O)(N=C([O-])c1c(F)cccc1F)C(F)(F)F.O=S(=O)(N=C([O-])c1cc(F)c(F)c(Cl)c1F)C(F)(F)F.O=S(=O)(N=C([O-])c1cc(F)cc(Br)c1)C(F)(F)F.O=S(=O)(N=C([O-])c1ccc(F)c(Br)c1)C(F)(F)F.O=S(=O)(N=C([O-])c1ccc(F)c(F)c1)C(F)(F)F.O=S(=O)(N=C([O-])c1cccc(F)c1Cl)C(F)(F)F.[C-]#[N+]c1ccc(C([O-])=NS(=O)(=O)C(F)(F)F)c(F)c1.[C-]#[N+]c1ccc(C([O-])=NS(=O)(=O)C(F)(F)F)cc1F. The molecule has 0 saturated heterocycles. The van der Waals surface area contributed by atoms with Crippen molar-refractivity contribution in [2.75, 3.05) is 0 Å². The third-order valence-corrected chi connectivity index (χ3v) is 23.4. The van der Waals surface area contributed by atoms with Crippen LogP contribution in [0.3, 0.4) is 0 Å². The summed E-state index contributed by atoms with van der Waals surface area (Å²) in [6.45, 7) is 13.1. The van der Waals surface area contributed by atoms with Crippen molar-refractivity contribution in [3.05, 3.63) is 290 Å². The van der Waals surface area contributed by atoms with Crippen LogP contribution < -0.4 is 40.9 Å². The Morgan fingerprint density at radius 1 is 0.264 bits per heavy atom. The number of benzene rings is 8. The Morgan fingerprint density at radius 3 is 0.905 bits per heavy atom. The molecule has 82 heteroatoms. The van der Waals surface area contributed by atoms with E-state index in [-0.39, 0.29) is 26.8 Å². The molecule has 0 aliphatic heterocycles. The van der Waals surface area contributed by atoms with Crippen molar-refractivity contribution >= 4 is 194 Å². The van der Waals surface area contributed by atoms with Crippen LogP contribution in [-0.2, 0) is 80.2 Å². The Kier molecular flexibility index (Phi) is 45.4. The number of hydrogen-bond acceptors (Lipinski definition) is 24. The molecule has 148 heavy (non-hydrogen) atoms. The molecule has 0 spiro atoms. The van der Waals surface area contributed by atoms with Gasteiger partial charge in [0.2, 0.25) is 5.69 Å². The molecule has 0 bridgehead atoms. The zero-order valence-electron chi connectivity index (χ0n) is 67.4. The topological polar surface area (TPSA) is 565 Å². The van der Waals surface area contributed by atoms with Crippen LogP contribution in [0, 0.1) is 83.0 Å². The highest BCUT2D eigenvalue weighted by Crippen LogP contribution is 2.35. The lowest BCUT2D eigenvalue weighted by Gasteiger charge is -2.13. The number of sulfonamides is 8. The summed E-state index contributed by atoms with van der Waals surface area (Å²) in [5, 5.41) is 86.7. The van der Waals surface area contributed by atoms with Crippen molar-refractivity contribution in [3.63, 3.8) is 0 Å². The van der Waals surface area contributed by atoms with Crippen molar-refractivity contribution in [1.82, 2.24) is 0 Å². The first-order valence-electron chi connectivity index (χ1n) is 33.4. The number of nitrogens with zero attached hydrogens (tertiary/aromatic N) is 10. The van der Waals surface area contributed by atoms with Gasteiger partial charge in [0.15, 0.2) is 34.8 Å². The second-order valence-corrected chi connectivity index (χ2v) is 39.3. The number of rotatable bonds is 16. The van der Waals surface area contributed by atoms with Crippen LogP contribution in [0.1, 0.15) is 44.5 Å². The third kappa shape index (κ3) is 38.1. The van der Waals surface area contributed by atoms with Crippen LogP contribution in [-0.4, -0.2) is 159 Å². The predicted octanol–water partition coefficient (Wildman–Crippen LogP) is 10.7. The van der Waals surface area contributed by atoms with Gasteiger partial charge < -0.3 is 40.9 Å². The molecule has 8 aromatic rings. The second-order valence-electron chi connectivity index (χ2n) is 24.1. The van der Waals surface area contributed by atoms with Crippen molar-refractivity contribution in [1.29, 1.82) is 0 Å². The summed E-state index contributed by atoms with van der Waals surface area (Å²) in [7, 11) is -48.2.